The van der Waals surface area contributed by atoms with Gasteiger partial charge in [0.2, 0.25) is 10.0 Å². The molecule has 112 valence electrons. The molecule has 4 heteroatoms. The fraction of sp³-hybridized carbons (Fsp3) is 1.00. The molecule has 0 heterocycles. The molecule has 0 aromatic heterocycles. The Kier molecular flexibility index (Phi) is 5.29. The van der Waals surface area contributed by atoms with Crippen LogP contribution in [0.2, 0.25) is 0 Å². The van der Waals surface area contributed by atoms with Crippen LogP contribution in [0.1, 0.15) is 65.2 Å². The summed E-state index contributed by atoms with van der Waals surface area (Å²) >= 11 is 0. The van der Waals surface area contributed by atoms with Gasteiger partial charge in [-0.05, 0) is 37.0 Å². The Morgan fingerprint density at radius 2 is 1.63 bits per heavy atom. The van der Waals surface area contributed by atoms with Crippen molar-refractivity contribution >= 4 is 10.0 Å². The molecule has 2 rings (SSSR count). The summed E-state index contributed by atoms with van der Waals surface area (Å²) < 4.78 is 27.6. The van der Waals surface area contributed by atoms with Crippen molar-refractivity contribution < 1.29 is 8.42 Å². The van der Waals surface area contributed by atoms with Gasteiger partial charge < -0.3 is 0 Å². The normalized spacial score (nSPS) is 34.3. The van der Waals surface area contributed by atoms with Gasteiger partial charge >= 0.3 is 0 Å². The quantitative estimate of drug-likeness (QED) is 0.862. The van der Waals surface area contributed by atoms with E-state index in [1.54, 1.807) is 0 Å². The first-order valence-electron chi connectivity index (χ1n) is 7.98. The predicted octanol–water partition coefficient (Wildman–Crippen LogP) is 3.31. The summed E-state index contributed by atoms with van der Waals surface area (Å²) in [5, 5.41) is 0. The molecule has 2 fully saturated rings. The van der Waals surface area contributed by atoms with Crippen molar-refractivity contribution in [1.82, 2.24) is 4.72 Å². The zero-order valence-electron chi connectivity index (χ0n) is 12.4. The maximum absolute atomic E-state index is 12.3. The van der Waals surface area contributed by atoms with Gasteiger partial charge in [-0.15, -0.1) is 0 Å². The summed E-state index contributed by atoms with van der Waals surface area (Å²) in [5.41, 5.74) is 0. The number of hydrogen-bond acceptors (Lipinski definition) is 2. The molecular weight excluding hydrogens is 258 g/mol. The third-order valence-corrected chi connectivity index (χ3v) is 6.79. The maximum Gasteiger partial charge on any atom is 0.212 e. The lowest BCUT2D eigenvalue weighted by molar-refractivity contribution is 0.226. The number of nitrogens with one attached hydrogen (secondary N) is 1. The molecule has 19 heavy (non-hydrogen) atoms. The minimum Gasteiger partial charge on any atom is -0.212 e. The van der Waals surface area contributed by atoms with Crippen molar-refractivity contribution in [3.8, 4) is 0 Å². The van der Waals surface area contributed by atoms with Crippen molar-refractivity contribution in [2.75, 3.05) is 5.75 Å². The smallest absolute Gasteiger partial charge is 0.212 e. The van der Waals surface area contributed by atoms with E-state index in [0.29, 0.717) is 23.5 Å². The largest absolute Gasteiger partial charge is 0.212 e. The zero-order chi connectivity index (χ0) is 13.9. The molecule has 3 atom stereocenters. The first-order valence-corrected chi connectivity index (χ1v) is 9.63. The van der Waals surface area contributed by atoms with E-state index < -0.39 is 10.0 Å². The average molecular weight is 287 g/mol. The van der Waals surface area contributed by atoms with E-state index in [2.05, 4.69) is 18.6 Å². The van der Waals surface area contributed by atoms with Crippen LogP contribution in [0.4, 0.5) is 0 Å². The van der Waals surface area contributed by atoms with Gasteiger partial charge in [0.1, 0.15) is 0 Å². The van der Waals surface area contributed by atoms with Gasteiger partial charge in [0.05, 0.1) is 5.75 Å². The fourth-order valence-corrected chi connectivity index (χ4v) is 5.54. The molecule has 2 aliphatic carbocycles. The van der Waals surface area contributed by atoms with Gasteiger partial charge in [-0.2, -0.15) is 0 Å². The van der Waals surface area contributed by atoms with Gasteiger partial charge in [-0.25, -0.2) is 13.1 Å². The first-order chi connectivity index (χ1) is 8.98. The third-order valence-electron chi connectivity index (χ3n) is 5.22. The van der Waals surface area contributed by atoms with Crippen molar-refractivity contribution in [1.29, 1.82) is 0 Å². The van der Waals surface area contributed by atoms with Crippen LogP contribution in [-0.4, -0.2) is 20.2 Å². The topological polar surface area (TPSA) is 46.2 Å². The Hall–Kier alpha value is -0.0900. The van der Waals surface area contributed by atoms with E-state index in [-0.39, 0.29) is 6.04 Å². The predicted molar refractivity (Wildman–Crippen MR) is 79.5 cm³/mol. The molecule has 3 unspecified atom stereocenters. The second kappa shape index (κ2) is 6.57. The Bertz CT molecular complexity index is 374. The number of sulfonamides is 1. The second-order valence-corrected chi connectivity index (χ2v) is 8.58. The highest BCUT2D eigenvalue weighted by atomic mass is 32.2. The molecule has 3 nitrogen and oxygen atoms in total. The summed E-state index contributed by atoms with van der Waals surface area (Å²) in [6.45, 7) is 4.43. The van der Waals surface area contributed by atoms with Gasteiger partial charge in [-0.1, -0.05) is 46.0 Å². The van der Waals surface area contributed by atoms with Crippen molar-refractivity contribution in [3.63, 3.8) is 0 Å². The van der Waals surface area contributed by atoms with E-state index >= 15 is 0 Å². The molecule has 2 aliphatic rings. The molecule has 0 bridgehead atoms. The molecule has 0 radical (unpaired) electrons. The second-order valence-electron chi connectivity index (χ2n) is 6.78. The van der Waals surface area contributed by atoms with Crippen LogP contribution in [-0.2, 0) is 10.0 Å². The van der Waals surface area contributed by atoms with E-state index in [1.165, 1.54) is 25.7 Å². The molecule has 2 saturated carbocycles. The molecule has 0 aromatic carbocycles. The third kappa shape index (κ3) is 4.45. The SMILES string of the molecule is CC1CCCC(NS(=O)(=O)CC2CCCCC2)C1C. The fourth-order valence-electron chi connectivity index (χ4n) is 3.69. The summed E-state index contributed by atoms with van der Waals surface area (Å²) in [7, 11) is -3.09. The van der Waals surface area contributed by atoms with Crippen molar-refractivity contribution in [2.45, 2.75) is 71.3 Å². The van der Waals surface area contributed by atoms with Crippen molar-refractivity contribution in [2.24, 2.45) is 17.8 Å². The van der Waals surface area contributed by atoms with Gasteiger partial charge in [0.15, 0.2) is 0 Å². The Balaban J connectivity index is 1.88. The average Bonchev–Trinajstić information content (AvgIpc) is 2.35. The Morgan fingerprint density at radius 3 is 2.32 bits per heavy atom. The highest BCUT2D eigenvalue weighted by Crippen LogP contribution is 2.30. The van der Waals surface area contributed by atoms with Crippen LogP contribution >= 0.6 is 0 Å². The van der Waals surface area contributed by atoms with Crippen molar-refractivity contribution in [3.05, 3.63) is 0 Å². The van der Waals surface area contributed by atoms with Gasteiger partial charge in [0.25, 0.3) is 0 Å². The maximum atomic E-state index is 12.3. The lowest BCUT2D eigenvalue weighted by Crippen LogP contribution is -2.45. The Morgan fingerprint density at radius 1 is 0.947 bits per heavy atom. The molecule has 0 amide bonds. The minimum absolute atomic E-state index is 0.164. The van der Waals surface area contributed by atoms with E-state index in [1.807, 2.05) is 0 Å². The summed E-state index contributed by atoms with van der Waals surface area (Å²) in [4.78, 5) is 0. The highest BCUT2D eigenvalue weighted by molar-refractivity contribution is 7.89. The lowest BCUT2D eigenvalue weighted by Gasteiger charge is -2.34. The summed E-state index contributed by atoms with van der Waals surface area (Å²) in [5.74, 6) is 1.85. The van der Waals surface area contributed by atoms with E-state index in [0.717, 1.165) is 25.7 Å². The van der Waals surface area contributed by atoms with Crippen LogP contribution < -0.4 is 4.72 Å². The standard InChI is InChI=1S/C15H29NO2S/c1-12-7-6-10-15(13(12)2)16-19(17,18)11-14-8-4-3-5-9-14/h12-16H,3-11H2,1-2H3. The first kappa shape index (κ1) is 15.3. The molecule has 1 N–H and O–H groups in total. The Labute approximate surface area is 118 Å². The number of rotatable bonds is 4. The van der Waals surface area contributed by atoms with Crippen LogP contribution in [0.25, 0.3) is 0 Å². The summed E-state index contributed by atoms with van der Waals surface area (Å²) in [6, 6.07) is 0.164. The van der Waals surface area contributed by atoms with Gasteiger partial charge in [-0.3, -0.25) is 0 Å². The lowest BCUT2D eigenvalue weighted by atomic mass is 9.78. The van der Waals surface area contributed by atoms with Crippen LogP contribution in [0.15, 0.2) is 0 Å². The monoisotopic (exact) mass is 287 g/mol. The molecule has 0 saturated heterocycles. The number of hydrogen-bond donors (Lipinski definition) is 1. The van der Waals surface area contributed by atoms with E-state index in [9.17, 15) is 8.42 Å². The molecular formula is C15H29NO2S. The molecule has 0 spiro atoms. The minimum atomic E-state index is -3.09. The van der Waals surface area contributed by atoms with Gasteiger partial charge in [0, 0.05) is 6.04 Å². The van der Waals surface area contributed by atoms with Crippen LogP contribution in [0, 0.1) is 17.8 Å². The highest BCUT2D eigenvalue weighted by Gasteiger charge is 2.31. The molecule has 0 aromatic rings. The summed E-state index contributed by atoms with van der Waals surface area (Å²) in [6.07, 6.45) is 9.28. The van der Waals surface area contributed by atoms with Crippen LogP contribution in [0.3, 0.4) is 0 Å². The van der Waals surface area contributed by atoms with Crippen LogP contribution in [0.5, 0.6) is 0 Å². The molecule has 0 aliphatic heterocycles. The van der Waals surface area contributed by atoms with E-state index in [4.69, 9.17) is 0 Å². The zero-order valence-corrected chi connectivity index (χ0v) is 13.2.